The van der Waals surface area contributed by atoms with Crippen LogP contribution in [0.2, 0.25) is 0 Å². The molecule has 0 aromatic heterocycles. The van der Waals surface area contributed by atoms with Crippen LogP contribution in [0, 0.1) is 6.92 Å². The van der Waals surface area contributed by atoms with Crippen molar-refractivity contribution in [1.82, 2.24) is 0 Å². The summed E-state index contributed by atoms with van der Waals surface area (Å²) in [6.07, 6.45) is -0.440. The topological polar surface area (TPSA) is 39.7 Å². The van der Waals surface area contributed by atoms with E-state index in [0.29, 0.717) is 13.2 Å². The summed E-state index contributed by atoms with van der Waals surface area (Å²) >= 11 is 0. The third kappa shape index (κ3) is 4.98. The van der Waals surface area contributed by atoms with Crippen molar-refractivity contribution in [3.8, 4) is 5.75 Å². The van der Waals surface area contributed by atoms with E-state index >= 15 is 0 Å². The first-order valence-corrected chi connectivity index (χ1v) is 11.4. The van der Waals surface area contributed by atoms with Crippen LogP contribution >= 0.6 is 0 Å². The molecular formula is C28H33NO3. The normalized spacial score (nSPS) is 19.1. The lowest BCUT2D eigenvalue weighted by Gasteiger charge is -2.44. The minimum atomic E-state index is -0.516. The fourth-order valence-electron chi connectivity index (χ4n) is 4.25. The number of benzene rings is 3. The minimum absolute atomic E-state index is 0.206. The molecule has 0 fully saturated rings. The highest BCUT2D eigenvalue weighted by Crippen LogP contribution is 2.44. The van der Waals surface area contributed by atoms with Gasteiger partial charge in [-0.3, -0.25) is 0 Å². The van der Waals surface area contributed by atoms with Crippen molar-refractivity contribution in [2.24, 2.45) is 0 Å². The Morgan fingerprint density at radius 3 is 2.44 bits per heavy atom. The monoisotopic (exact) mass is 431 g/mol. The standard InChI is InChI=1S/C28H33NO3/c1-5-30-26-24-17-23(29-18-22-14-10-9-11-20(22)2)15-16-25(24)32-28(3,4)27(26)31-19-21-12-7-6-8-13-21/h6-17,26-27,29H,5,18-19H2,1-4H3. The largest absolute Gasteiger partial charge is 0.485 e. The molecule has 0 amide bonds. The number of rotatable bonds is 8. The molecule has 32 heavy (non-hydrogen) atoms. The van der Waals surface area contributed by atoms with Crippen molar-refractivity contribution < 1.29 is 14.2 Å². The molecule has 168 valence electrons. The quantitative estimate of drug-likeness (QED) is 0.445. The average molecular weight is 432 g/mol. The molecule has 4 heteroatoms. The zero-order valence-corrected chi connectivity index (χ0v) is 19.4. The molecule has 1 heterocycles. The molecule has 4 nitrogen and oxygen atoms in total. The third-order valence-corrected chi connectivity index (χ3v) is 6.01. The van der Waals surface area contributed by atoms with Crippen LogP contribution in [0.4, 0.5) is 5.69 Å². The van der Waals surface area contributed by atoms with E-state index in [1.165, 1.54) is 11.1 Å². The van der Waals surface area contributed by atoms with Gasteiger partial charge in [-0.05, 0) is 62.6 Å². The number of fused-ring (bicyclic) bond motifs is 1. The average Bonchev–Trinajstić information content (AvgIpc) is 2.78. The summed E-state index contributed by atoms with van der Waals surface area (Å²) in [6.45, 7) is 10.2. The van der Waals surface area contributed by atoms with Crippen LogP contribution in [0.1, 0.15) is 49.1 Å². The van der Waals surface area contributed by atoms with E-state index < -0.39 is 5.60 Å². The van der Waals surface area contributed by atoms with Gasteiger partial charge < -0.3 is 19.5 Å². The van der Waals surface area contributed by atoms with Gasteiger partial charge in [0, 0.05) is 24.4 Å². The maximum absolute atomic E-state index is 6.42. The highest BCUT2D eigenvalue weighted by atomic mass is 16.6. The lowest BCUT2D eigenvalue weighted by atomic mass is 9.87. The second-order valence-electron chi connectivity index (χ2n) is 8.83. The molecule has 0 aliphatic carbocycles. The van der Waals surface area contributed by atoms with Gasteiger partial charge in [-0.1, -0.05) is 54.6 Å². The molecular weight excluding hydrogens is 398 g/mol. The predicted molar refractivity (Wildman–Crippen MR) is 129 cm³/mol. The maximum atomic E-state index is 6.42. The first-order chi connectivity index (χ1) is 15.5. The molecule has 1 N–H and O–H groups in total. The fraction of sp³-hybridized carbons (Fsp3) is 0.357. The molecule has 3 aromatic rings. The third-order valence-electron chi connectivity index (χ3n) is 6.01. The second-order valence-corrected chi connectivity index (χ2v) is 8.83. The molecule has 2 atom stereocenters. The molecule has 0 bridgehead atoms. The van der Waals surface area contributed by atoms with Crippen molar-refractivity contribution in [2.75, 3.05) is 11.9 Å². The van der Waals surface area contributed by atoms with Crippen LogP contribution in [-0.4, -0.2) is 18.3 Å². The van der Waals surface area contributed by atoms with Crippen LogP contribution in [0.5, 0.6) is 5.75 Å². The van der Waals surface area contributed by atoms with Gasteiger partial charge in [-0.25, -0.2) is 0 Å². The number of anilines is 1. The summed E-state index contributed by atoms with van der Waals surface area (Å²) in [4.78, 5) is 0. The first kappa shape index (κ1) is 22.4. The summed E-state index contributed by atoms with van der Waals surface area (Å²) in [5, 5.41) is 3.56. The van der Waals surface area contributed by atoms with Crippen molar-refractivity contribution in [3.63, 3.8) is 0 Å². The molecule has 4 rings (SSSR count). The van der Waals surface area contributed by atoms with Gasteiger partial charge in [0.25, 0.3) is 0 Å². The molecule has 0 saturated carbocycles. The lowest BCUT2D eigenvalue weighted by molar-refractivity contribution is -0.165. The highest BCUT2D eigenvalue weighted by Gasteiger charge is 2.45. The van der Waals surface area contributed by atoms with Crippen LogP contribution < -0.4 is 10.1 Å². The molecule has 1 aliphatic heterocycles. The van der Waals surface area contributed by atoms with Gasteiger partial charge in [-0.15, -0.1) is 0 Å². The van der Waals surface area contributed by atoms with E-state index in [-0.39, 0.29) is 12.2 Å². The second kappa shape index (κ2) is 9.76. The van der Waals surface area contributed by atoms with Gasteiger partial charge in [0.05, 0.1) is 6.61 Å². The zero-order valence-electron chi connectivity index (χ0n) is 19.4. The number of nitrogens with one attached hydrogen (secondary N) is 1. The Bertz CT molecular complexity index is 1030. The van der Waals surface area contributed by atoms with Crippen molar-refractivity contribution in [1.29, 1.82) is 0 Å². The predicted octanol–water partition coefficient (Wildman–Crippen LogP) is 6.44. The van der Waals surface area contributed by atoms with E-state index in [1.54, 1.807) is 0 Å². The summed E-state index contributed by atoms with van der Waals surface area (Å²) in [6, 6.07) is 24.9. The Labute approximate surface area is 191 Å². The minimum Gasteiger partial charge on any atom is -0.485 e. The molecule has 3 aromatic carbocycles. The zero-order chi connectivity index (χ0) is 22.6. The van der Waals surface area contributed by atoms with E-state index in [2.05, 4.69) is 74.6 Å². The van der Waals surface area contributed by atoms with Crippen LogP contribution in [-0.2, 0) is 22.6 Å². The Kier molecular flexibility index (Phi) is 6.83. The van der Waals surface area contributed by atoms with Crippen LogP contribution in [0.25, 0.3) is 0 Å². The Morgan fingerprint density at radius 1 is 0.938 bits per heavy atom. The molecule has 0 spiro atoms. The molecule has 0 radical (unpaired) electrons. The summed E-state index contributed by atoms with van der Waals surface area (Å²) in [5.41, 5.74) is 5.26. The number of aryl methyl sites for hydroxylation is 1. The van der Waals surface area contributed by atoms with Crippen LogP contribution in [0.3, 0.4) is 0 Å². The van der Waals surface area contributed by atoms with Gasteiger partial charge in [-0.2, -0.15) is 0 Å². The van der Waals surface area contributed by atoms with E-state index in [1.807, 2.05) is 31.2 Å². The van der Waals surface area contributed by atoms with E-state index in [9.17, 15) is 0 Å². The highest BCUT2D eigenvalue weighted by molar-refractivity contribution is 5.54. The van der Waals surface area contributed by atoms with Gasteiger partial charge >= 0.3 is 0 Å². The van der Waals surface area contributed by atoms with Crippen molar-refractivity contribution in [3.05, 3.63) is 95.1 Å². The van der Waals surface area contributed by atoms with Gasteiger partial charge in [0.1, 0.15) is 23.6 Å². The maximum Gasteiger partial charge on any atom is 0.132 e. The van der Waals surface area contributed by atoms with Crippen molar-refractivity contribution >= 4 is 5.69 Å². The lowest BCUT2D eigenvalue weighted by Crippen LogP contribution is -2.51. The number of hydrogen-bond donors (Lipinski definition) is 1. The fourth-order valence-corrected chi connectivity index (χ4v) is 4.25. The Balaban J connectivity index is 1.57. The molecule has 0 saturated heterocycles. The first-order valence-electron chi connectivity index (χ1n) is 11.4. The number of hydrogen-bond acceptors (Lipinski definition) is 4. The Hall–Kier alpha value is -2.82. The van der Waals surface area contributed by atoms with Gasteiger partial charge in [0.15, 0.2) is 0 Å². The smallest absolute Gasteiger partial charge is 0.132 e. The Morgan fingerprint density at radius 2 is 1.69 bits per heavy atom. The van der Waals surface area contributed by atoms with Gasteiger partial charge in [0.2, 0.25) is 0 Å². The van der Waals surface area contributed by atoms with Crippen molar-refractivity contribution in [2.45, 2.75) is 58.7 Å². The SMILES string of the molecule is CCOC1c2cc(NCc3ccccc3C)ccc2OC(C)(C)C1OCc1ccccc1. The van der Waals surface area contributed by atoms with E-state index in [4.69, 9.17) is 14.2 Å². The van der Waals surface area contributed by atoms with E-state index in [0.717, 1.165) is 29.1 Å². The summed E-state index contributed by atoms with van der Waals surface area (Å²) in [5.74, 6) is 0.856. The van der Waals surface area contributed by atoms with Crippen LogP contribution in [0.15, 0.2) is 72.8 Å². The molecule has 1 aliphatic rings. The summed E-state index contributed by atoms with van der Waals surface area (Å²) < 4.78 is 19.1. The molecule has 2 unspecified atom stereocenters. The summed E-state index contributed by atoms with van der Waals surface area (Å²) in [7, 11) is 0. The number of ether oxygens (including phenoxy) is 3.